The molecule has 2 aromatic carbocycles. The van der Waals surface area contributed by atoms with Crippen molar-refractivity contribution in [3.05, 3.63) is 71.8 Å². The lowest BCUT2D eigenvalue weighted by Gasteiger charge is -2.22. The molecule has 1 unspecified atom stereocenters. The maximum atomic E-state index is 9.51. The van der Waals surface area contributed by atoms with Crippen LogP contribution in [0.5, 0.6) is 0 Å². The normalized spacial score (nSPS) is 14.1. The molecule has 0 bridgehead atoms. The highest BCUT2D eigenvalue weighted by molar-refractivity contribution is 5.22. The van der Waals surface area contributed by atoms with Crippen LogP contribution < -0.4 is 5.32 Å². The molecule has 2 heteroatoms. The molecule has 0 radical (unpaired) electrons. The summed E-state index contributed by atoms with van der Waals surface area (Å²) in [7, 11) is 0. The second-order valence-corrected chi connectivity index (χ2v) is 4.44. The van der Waals surface area contributed by atoms with Gasteiger partial charge in [0.25, 0.3) is 0 Å². The maximum absolute atomic E-state index is 9.51. The van der Waals surface area contributed by atoms with Gasteiger partial charge in [-0.25, -0.2) is 0 Å². The van der Waals surface area contributed by atoms with Gasteiger partial charge in [-0.05, 0) is 18.1 Å². The van der Waals surface area contributed by atoms with Crippen molar-refractivity contribution in [1.29, 1.82) is 0 Å². The molecule has 0 aliphatic rings. The summed E-state index contributed by atoms with van der Waals surface area (Å²) in [6.45, 7) is 2.21. The second kappa shape index (κ2) is 6.34. The van der Waals surface area contributed by atoms with E-state index >= 15 is 0 Å². The van der Waals surface area contributed by atoms with E-state index in [1.807, 2.05) is 48.5 Å². The molecule has 94 valence electrons. The van der Waals surface area contributed by atoms with Crippen LogP contribution in [0.15, 0.2) is 60.7 Å². The van der Waals surface area contributed by atoms with Gasteiger partial charge in [-0.15, -0.1) is 0 Å². The molecule has 0 aromatic heterocycles. The number of nitrogens with one attached hydrogen (secondary N) is 1. The second-order valence-electron chi connectivity index (χ2n) is 4.44. The van der Waals surface area contributed by atoms with Gasteiger partial charge in [-0.3, -0.25) is 0 Å². The quantitative estimate of drug-likeness (QED) is 0.843. The van der Waals surface area contributed by atoms with E-state index < -0.39 is 0 Å². The number of hydrogen-bond acceptors (Lipinski definition) is 2. The summed E-state index contributed by atoms with van der Waals surface area (Å²) in [5.41, 5.74) is 2.34. The lowest BCUT2D eigenvalue weighted by Crippen LogP contribution is -2.27. The summed E-state index contributed by atoms with van der Waals surface area (Å²) >= 11 is 0. The van der Waals surface area contributed by atoms with Crippen LogP contribution in [-0.4, -0.2) is 11.7 Å². The van der Waals surface area contributed by atoms with Crippen LogP contribution in [0.4, 0.5) is 0 Å². The zero-order valence-corrected chi connectivity index (χ0v) is 10.6. The highest BCUT2D eigenvalue weighted by Gasteiger charge is 2.13. The van der Waals surface area contributed by atoms with Gasteiger partial charge in [0.1, 0.15) is 0 Å². The van der Waals surface area contributed by atoms with Gasteiger partial charge in [-0.2, -0.15) is 0 Å². The van der Waals surface area contributed by atoms with Crippen LogP contribution in [0, 0.1) is 0 Å². The van der Waals surface area contributed by atoms with E-state index in [1.54, 1.807) is 0 Å². The fourth-order valence-corrected chi connectivity index (χ4v) is 2.08. The summed E-state index contributed by atoms with van der Waals surface area (Å²) in [6.07, 6.45) is 0. The van der Waals surface area contributed by atoms with E-state index in [2.05, 4.69) is 24.4 Å². The Morgan fingerprint density at radius 3 is 1.89 bits per heavy atom. The van der Waals surface area contributed by atoms with Crippen molar-refractivity contribution in [3.8, 4) is 0 Å². The molecule has 0 saturated carbocycles. The first-order chi connectivity index (χ1) is 8.81. The van der Waals surface area contributed by atoms with E-state index in [4.69, 9.17) is 0 Å². The lowest BCUT2D eigenvalue weighted by molar-refractivity contribution is 0.235. The minimum Gasteiger partial charge on any atom is -0.394 e. The van der Waals surface area contributed by atoms with Crippen LogP contribution in [0.2, 0.25) is 0 Å². The molecule has 0 aliphatic heterocycles. The van der Waals surface area contributed by atoms with Crippen molar-refractivity contribution in [2.45, 2.75) is 19.0 Å². The average Bonchev–Trinajstić information content (AvgIpc) is 2.46. The molecule has 2 N–H and O–H groups in total. The van der Waals surface area contributed by atoms with Crippen LogP contribution in [0.1, 0.15) is 30.1 Å². The third-order valence-electron chi connectivity index (χ3n) is 3.14. The lowest BCUT2D eigenvalue weighted by atomic mass is 10.0. The van der Waals surface area contributed by atoms with E-state index in [1.165, 1.54) is 5.56 Å². The van der Waals surface area contributed by atoms with Crippen molar-refractivity contribution in [3.63, 3.8) is 0 Å². The summed E-state index contributed by atoms with van der Waals surface area (Å²) in [5, 5.41) is 13.0. The van der Waals surface area contributed by atoms with Gasteiger partial charge in [-0.1, -0.05) is 60.7 Å². The Labute approximate surface area is 108 Å². The van der Waals surface area contributed by atoms with E-state index in [-0.39, 0.29) is 18.7 Å². The first-order valence-electron chi connectivity index (χ1n) is 6.28. The smallest absolute Gasteiger partial charge is 0.0626 e. The van der Waals surface area contributed by atoms with Gasteiger partial charge in [0.05, 0.1) is 12.6 Å². The summed E-state index contributed by atoms with van der Waals surface area (Å²) in [4.78, 5) is 0. The van der Waals surface area contributed by atoms with E-state index in [0.717, 1.165) is 5.56 Å². The molecule has 2 rings (SSSR count). The predicted molar refractivity (Wildman–Crippen MR) is 74.3 cm³/mol. The summed E-state index contributed by atoms with van der Waals surface area (Å²) in [5.74, 6) is 0. The van der Waals surface area contributed by atoms with Gasteiger partial charge < -0.3 is 10.4 Å². The standard InChI is InChI=1S/C16H19NO/c1-13(14-8-4-2-5-9-14)17-16(12-18)15-10-6-3-7-11-15/h2-11,13,16-18H,12H2,1H3/t13?,16-/m0/s1. The van der Waals surface area contributed by atoms with E-state index in [0.29, 0.717) is 0 Å². The maximum Gasteiger partial charge on any atom is 0.0626 e. The van der Waals surface area contributed by atoms with Crippen molar-refractivity contribution < 1.29 is 5.11 Å². The first-order valence-corrected chi connectivity index (χ1v) is 6.28. The zero-order valence-electron chi connectivity index (χ0n) is 10.6. The number of hydrogen-bond donors (Lipinski definition) is 2. The van der Waals surface area contributed by atoms with Gasteiger partial charge >= 0.3 is 0 Å². The fraction of sp³-hybridized carbons (Fsp3) is 0.250. The monoisotopic (exact) mass is 241 g/mol. The third-order valence-corrected chi connectivity index (χ3v) is 3.14. The number of benzene rings is 2. The molecular weight excluding hydrogens is 222 g/mol. The van der Waals surface area contributed by atoms with Crippen LogP contribution in [0.25, 0.3) is 0 Å². The first kappa shape index (κ1) is 12.8. The largest absolute Gasteiger partial charge is 0.394 e. The number of rotatable bonds is 5. The van der Waals surface area contributed by atoms with Crippen LogP contribution in [-0.2, 0) is 0 Å². The molecular formula is C16H19NO. The molecule has 0 heterocycles. The highest BCUT2D eigenvalue weighted by atomic mass is 16.3. The fourth-order valence-electron chi connectivity index (χ4n) is 2.08. The van der Waals surface area contributed by atoms with Crippen LogP contribution >= 0.6 is 0 Å². The molecule has 2 nitrogen and oxygen atoms in total. The molecule has 2 atom stereocenters. The topological polar surface area (TPSA) is 32.3 Å². The molecule has 2 aromatic rings. The molecule has 18 heavy (non-hydrogen) atoms. The molecule has 0 spiro atoms. The Morgan fingerprint density at radius 2 is 1.39 bits per heavy atom. The Hall–Kier alpha value is -1.64. The van der Waals surface area contributed by atoms with Gasteiger partial charge in [0.2, 0.25) is 0 Å². The van der Waals surface area contributed by atoms with Gasteiger partial charge in [0.15, 0.2) is 0 Å². The number of aliphatic hydroxyl groups is 1. The minimum atomic E-state index is -0.0265. The highest BCUT2D eigenvalue weighted by Crippen LogP contribution is 2.18. The molecule has 0 aliphatic carbocycles. The summed E-state index contributed by atoms with van der Waals surface area (Å²) < 4.78 is 0. The predicted octanol–water partition coefficient (Wildman–Crippen LogP) is 3.07. The molecule has 0 fully saturated rings. The SMILES string of the molecule is CC(N[C@@H](CO)c1ccccc1)c1ccccc1. The third kappa shape index (κ3) is 3.19. The summed E-state index contributed by atoms with van der Waals surface area (Å²) in [6, 6.07) is 20.5. The van der Waals surface area contributed by atoms with Gasteiger partial charge in [0, 0.05) is 6.04 Å². The minimum absolute atomic E-state index is 0.0265. The number of aliphatic hydroxyl groups excluding tert-OH is 1. The average molecular weight is 241 g/mol. The van der Waals surface area contributed by atoms with Crippen molar-refractivity contribution in [1.82, 2.24) is 5.32 Å². The van der Waals surface area contributed by atoms with Crippen molar-refractivity contribution >= 4 is 0 Å². The van der Waals surface area contributed by atoms with Crippen molar-refractivity contribution in [2.24, 2.45) is 0 Å². The Balaban J connectivity index is 2.07. The Morgan fingerprint density at radius 1 is 0.889 bits per heavy atom. The van der Waals surface area contributed by atoms with E-state index in [9.17, 15) is 5.11 Å². The molecule has 0 saturated heterocycles. The molecule has 0 amide bonds. The zero-order chi connectivity index (χ0) is 12.8. The Kier molecular flexibility index (Phi) is 4.51. The van der Waals surface area contributed by atoms with Crippen molar-refractivity contribution in [2.75, 3.05) is 6.61 Å². The van der Waals surface area contributed by atoms with Crippen LogP contribution in [0.3, 0.4) is 0 Å². The Bertz CT molecular complexity index is 455.